The van der Waals surface area contributed by atoms with Crippen LogP contribution in [0.5, 0.6) is 11.5 Å². The van der Waals surface area contributed by atoms with Gasteiger partial charge in [0.15, 0.2) is 0 Å². The van der Waals surface area contributed by atoms with Crippen molar-refractivity contribution in [3.05, 3.63) is 74.6 Å². The predicted octanol–water partition coefficient (Wildman–Crippen LogP) is 5.07. The Hall–Kier alpha value is -3.90. The number of phenols is 2. The number of nitrogens with two attached hydrogens (primary N) is 1. The molecule has 0 bridgehead atoms. The number of carboxylic acid groups (broad SMARTS) is 1. The molecule has 2 aromatic carbocycles. The molecule has 0 aliphatic carbocycles. The standard InChI is InChI=1S/C23H22N2O4S.C2HF3O2/c1-3-14-9-16-19(10-18(14)27)29-22(17(24)8-13-4-6-15(26)7-5-13)20(21(16)28)23-25-12(2)11-30-23;3-2(4,5)1(6)7/h4-7,9-11,17,26-27H,3,8,24H2,1-2H3;(H,6,7)/t17-;/m1./s1. The topological polar surface area (TPSA) is 147 Å². The number of carbonyl (C=O) groups is 1. The maximum Gasteiger partial charge on any atom is 0.490 e. The normalized spacial score (nSPS) is 12.2. The highest BCUT2D eigenvalue weighted by molar-refractivity contribution is 7.13. The summed E-state index contributed by atoms with van der Waals surface area (Å²) >= 11 is 1.37. The quantitative estimate of drug-likeness (QED) is 0.276. The summed E-state index contributed by atoms with van der Waals surface area (Å²) in [6.07, 6.45) is -4.08. The number of aromatic nitrogens is 1. The van der Waals surface area contributed by atoms with Gasteiger partial charge in [-0.15, -0.1) is 11.3 Å². The second-order valence-electron chi connectivity index (χ2n) is 8.08. The fourth-order valence-electron chi connectivity index (χ4n) is 3.49. The van der Waals surface area contributed by atoms with Gasteiger partial charge in [-0.2, -0.15) is 13.2 Å². The molecule has 0 saturated heterocycles. The summed E-state index contributed by atoms with van der Waals surface area (Å²) in [5, 5.41) is 29.7. The van der Waals surface area contributed by atoms with Crippen LogP contribution in [0.25, 0.3) is 21.5 Å². The molecule has 4 aromatic rings. The first-order chi connectivity index (χ1) is 17.3. The number of thiazole rings is 1. The van der Waals surface area contributed by atoms with E-state index in [0.29, 0.717) is 45.7 Å². The van der Waals surface area contributed by atoms with Crippen molar-refractivity contribution in [3.63, 3.8) is 0 Å². The van der Waals surface area contributed by atoms with Gasteiger partial charge < -0.3 is 25.5 Å². The third kappa shape index (κ3) is 6.46. The van der Waals surface area contributed by atoms with Crippen molar-refractivity contribution >= 4 is 28.3 Å². The number of halogens is 3. The SMILES string of the molecule is CCc1cc2c(=O)c(-c3nc(C)cs3)c([C@H](N)Cc3ccc(O)cc3)oc2cc1O.O=C(O)C(F)(F)F. The number of nitrogens with zero attached hydrogens (tertiary/aromatic N) is 1. The fraction of sp³-hybridized carbons (Fsp3) is 0.240. The zero-order valence-electron chi connectivity index (χ0n) is 19.7. The molecule has 4 rings (SSSR count). The van der Waals surface area contributed by atoms with Gasteiger partial charge in [0.05, 0.1) is 17.0 Å². The fourth-order valence-corrected chi connectivity index (χ4v) is 4.33. The maximum absolute atomic E-state index is 13.5. The van der Waals surface area contributed by atoms with Crippen LogP contribution in [0.3, 0.4) is 0 Å². The average Bonchev–Trinajstić information content (AvgIpc) is 3.25. The van der Waals surface area contributed by atoms with Crippen molar-refractivity contribution in [2.24, 2.45) is 5.73 Å². The number of benzene rings is 2. The van der Waals surface area contributed by atoms with Crippen LogP contribution in [0.4, 0.5) is 13.2 Å². The third-order valence-electron chi connectivity index (χ3n) is 5.30. The van der Waals surface area contributed by atoms with Crippen molar-refractivity contribution in [1.82, 2.24) is 4.98 Å². The van der Waals surface area contributed by atoms with E-state index in [-0.39, 0.29) is 16.9 Å². The summed E-state index contributed by atoms with van der Waals surface area (Å²) in [5.74, 6) is -2.17. The van der Waals surface area contributed by atoms with E-state index in [9.17, 15) is 28.2 Å². The molecule has 12 heteroatoms. The van der Waals surface area contributed by atoms with E-state index in [4.69, 9.17) is 20.1 Å². The van der Waals surface area contributed by atoms with Crippen LogP contribution in [-0.4, -0.2) is 32.4 Å². The number of aryl methyl sites for hydroxylation is 2. The smallest absolute Gasteiger partial charge is 0.490 e. The molecular formula is C25H23F3N2O6S. The summed E-state index contributed by atoms with van der Waals surface area (Å²) in [6.45, 7) is 3.78. The Kier molecular flexibility index (Phi) is 8.24. The van der Waals surface area contributed by atoms with Crippen LogP contribution in [-0.2, 0) is 17.6 Å². The number of hydrogen-bond acceptors (Lipinski definition) is 8. The largest absolute Gasteiger partial charge is 0.508 e. The van der Waals surface area contributed by atoms with Gasteiger partial charge in [0.1, 0.15) is 27.8 Å². The molecule has 196 valence electrons. The molecule has 0 amide bonds. The molecular weight excluding hydrogens is 513 g/mol. The molecule has 0 radical (unpaired) electrons. The second kappa shape index (κ2) is 11.0. The zero-order valence-corrected chi connectivity index (χ0v) is 20.5. The van der Waals surface area contributed by atoms with E-state index in [2.05, 4.69) is 4.98 Å². The number of aliphatic carboxylic acids is 1. The Morgan fingerprint density at radius 1 is 1.19 bits per heavy atom. The molecule has 0 aliphatic rings. The number of phenolic OH excluding ortho intramolecular Hbond substituents is 2. The van der Waals surface area contributed by atoms with Crippen LogP contribution in [0.2, 0.25) is 0 Å². The number of fused-ring (bicyclic) bond motifs is 1. The third-order valence-corrected chi connectivity index (χ3v) is 6.28. The van der Waals surface area contributed by atoms with Gasteiger partial charge in [-0.1, -0.05) is 19.1 Å². The van der Waals surface area contributed by atoms with Crippen LogP contribution in [0.15, 0.2) is 51.0 Å². The van der Waals surface area contributed by atoms with Crippen LogP contribution < -0.4 is 11.2 Å². The van der Waals surface area contributed by atoms with Crippen molar-refractivity contribution in [3.8, 4) is 22.1 Å². The lowest BCUT2D eigenvalue weighted by Gasteiger charge is -2.16. The van der Waals surface area contributed by atoms with Crippen molar-refractivity contribution < 1.29 is 37.7 Å². The minimum atomic E-state index is -5.08. The molecule has 1 atom stereocenters. The van der Waals surface area contributed by atoms with E-state index in [1.54, 1.807) is 30.3 Å². The summed E-state index contributed by atoms with van der Waals surface area (Å²) in [5.41, 5.74) is 9.31. The molecule has 0 aliphatic heterocycles. The molecule has 2 heterocycles. The lowest BCUT2D eigenvalue weighted by Crippen LogP contribution is -2.21. The lowest BCUT2D eigenvalue weighted by atomic mass is 9.99. The first kappa shape index (κ1) is 27.7. The maximum atomic E-state index is 13.5. The first-order valence-corrected chi connectivity index (χ1v) is 11.8. The monoisotopic (exact) mass is 536 g/mol. The van der Waals surface area contributed by atoms with Gasteiger partial charge in [0, 0.05) is 17.1 Å². The lowest BCUT2D eigenvalue weighted by molar-refractivity contribution is -0.192. The Bertz CT molecular complexity index is 1480. The minimum absolute atomic E-state index is 0.0871. The van der Waals surface area contributed by atoms with Crippen LogP contribution >= 0.6 is 11.3 Å². The van der Waals surface area contributed by atoms with Gasteiger partial charge in [-0.25, -0.2) is 9.78 Å². The van der Waals surface area contributed by atoms with Crippen LogP contribution in [0.1, 0.15) is 35.5 Å². The van der Waals surface area contributed by atoms with E-state index in [1.165, 1.54) is 17.4 Å². The summed E-state index contributed by atoms with van der Waals surface area (Å²) < 4.78 is 37.8. The van der Waals surface area contributed by atoms with E-state index >= 15 is 0 Å². The molecule has 0 spiro atoms. The Balaban J connectivity index is 0.000000479. The van der Waals surface area contributed by atoms with Gasteiger partial charge in [-0.05, 0) is 49.1 Å². The van der Waals surface area contributed by atoms with E-state index < -0.39 is 18.2 Å². The molecule has 5 N–H and O–H groups in total. The van der Waals surface area contributed by atoms with Gasteiger partial charge in [0.2, 0.25) is 5.43 Å². The first-order valence-electron chi connectivity index (χ1n) is 10.9. The minimum Gasteiger partial charge on any atom is -0.508 e. The van der Waals surface area contributed by atoms with Gasteiger partial charge in [-0.3, -0.25) is 4.79 Å². The number of carboxylic acids is 1. The molecule has 0 unspecified atom stereocenters. The van der Waals surface area contributed by atoms with Crippen LogP contribution in [0, 0.1) is 6.92 Å². The van der Waals surface area contributed by atoms with Crippen molar-refractivity contribution in [2.45, 2.75) is 38.9 Å². The van der Waals surface area contributed by atoms with E-state index in [1.807, 2.05) is 19.2 Å². The highest BCUT2D eigenvalue weighted by Crippen LogP contribution is 2.33. The zero-order chi connectivity index (χ0) is 27.5. The summed E-state index contributed by atoms with van der Waals surface area (Å²) in [4.78, 5) is 26.9. The Labute approximate surface area is 212 Å². The van der Waals surface area contributed by atoms with Gasteiger partial charge >= 0.3 is 12.1 Å². The number of rotatable bonds is 5. The molecule has 0 fully saturated rings. The predicted molar refractivity (Wildman–Crippen MR) is 132 cm³/mol. The highest BCUT2D eigenvalue weighted by atomic mass is 32.1. The summed E-state index contributed by atoms with van der Waals surface area (Å²) in [7, 11) is 0. The second-order valence-corrected chi connectivity index (χ2v) is 8.93. The molecule has 37 heavy (non-hydrogen) atoms. The number of aromatic hydroxyl groups is 2. The average molecular weight is 537 g/mol. The number of hydrogen-bond donors (Lipinski definition) is 4. The van der Waals surface area contributed by atoms with E-state index in [0.717, 1.165) is 11.3 Å². The summed E-state index contributed by atoms with van der Waals surface area (Å²) in [6, 6.07) is 9.28. The van der Waals surface area contributed by atoms with Gasteiger partial charge in [0.25, 0.3) is 0 Å². The molecule has 8 nitrogen and oxygen atoms in total. The Morgan fingerprint density at radius 3 is 2.32 bits per heavy atom. The number of alkyl halides is 3. The highest BCUT2D eigenvalue weighted by Gasteiger charge is 2.38. The molecule has 0 saturated carbocycles. The van der Waals surface area contributed by atoms with Crippen molar-refractivity contribution in [2.75, 3.05) is 0 Å². The Morgan fingerprint density at radius 2 is 1.81 bits per heavy atom. The molecule has 2 aromatic heterocycles. The van der Waals surface area contributed by atoms with Crippen molar-refractivity contribution in [1.29, 1.82) is 0 Å².